The Labute approximate surface area is 135 Å². The van der Waals surface area contributed by atoms with Gasteiger partial charge >= 0.3 is 0 Å². The summed E-state index contributed by atoms with van der Waals surface area (Å²) in [6, 6.07) is 11.6. The molecule has 0 aliphatic carbocycles. The molecule has 1 aromatic heterocycles. The predicted octanol–water partition coefficient (Wildman–Crippen LogP) is 4.21. The zero-order valence-electron chi connectivity index (χ0n) is 11.8. The number of anilines is 1. The number of amides is 1. The average molecular weight is 362 g/mol. The Morgan fingerprint density at radius 1 is 1.32 bits per heavy atom. The highest BCUT2D eigenvalue weighted by atomic mass is 79.9. The van der Waals surface area contributed by atoms with Crippen LogP contribution in [-0.4, -0.2) is 15.5 Å². The van der Waals surface area contributed by atoms with Crippen LogP contribution < -0.4 is 5.32 Å². The maximum absolute atomic E-state index is 13.3. The topological polar surface area (TPSA) is 46.9 Å². The van der Waals surface area contributed by atoms with Gasteiger partial charge in [-0.1, -0.05) is 12.1 Å². The lowest BCUT2D eigenvalue weighted by atomic mass is 10.2. The molecule has 0 aliphatic heterocycles. The third-order valence-corrected chi connectivity index (χ3v) is 4.06. The van der Waals surface area contributed by atoms with Crippen LogP contribution in [0.5, 0.6) is 0 Å². The van der Waals surface area contributed by atoms with Crippen molar-refractivity contribution in [2.75, 3.05) is 5.32 Å². The van der Waals surface area contributed by atoms with Crippen LogP contribution in [0.15, 0.2) is 46.9 Å². The lowest BCUT2D eigenvalue weighted by Gasteiger charge is -2.08. The van der Waals surface area contributed by atoms with Gasteiger partial charge in [-0.3, -0.25) is 10.1 Å². The van der Waals surface area contributed by atoms with Gasteiger partial charge in [0, 0.05) is 11.0 Å². The highest BCUT2D eigenvalue weighted by Crippen LogP contribution is 2.22. The number of aryl methyl sites for hydroxylation is 1. The number of para-hydroxylation sites is 2. The van der Waals surface area contributed by atoms with Crippen LogP contribution in [0.25, 0.3) is 11.0 Å². The second kappa shape index (κ2) is 5.88. The average Bonchev–Trinajstić information content (AvgIpc) is 2.86. The zero-order chi connectivity index (χ0) is 15.7. The van der Waals surface area contributed by atoms with Crippen molar-refractivity contribution >= 4 is 38.8 Å². The molecular formula is C16H13BrFN3O. The minimum absolute atomic E-state index is 0.231. The molecule has 1 amide bonds. The second-order valence-electron chi connectivity index (χ2n) is 4.75. The van der Waals surface area contributed by atoms with E-state index in [2.05, 4.69) is 26.2 Å². The van der Waals surface area contributed by atoms with Crippen molar-refractivity contribution in [2.45, 2.75) is 13.5 Å². The van der Waals surface area contributed by atoms with E-state index in [4.69, 9.17) is 0 Å². The van der Waals surface area contributed by atoms with Crippen LogP contribution in [-0.2, 0) is 6.54 Å². The maximum atomic E-state index is 13.3. The molecule has 0 saturated heterocycles. The van der Waals surface area contributed by atoms with Crippen molar-refractivity contribution in [3.8, 4) is 0 Å². The first-order chi connectivity index (χ1) is 10.6. The number of hydrogen-bond acceptors (Lipinski definition) is 2. The van der Waals surface area contributed by atoms with Gasteiger partial charge in [0.05, 0.1) is 16.6 Å². The lowest BCUT2D eigenvalue weighted by Crippen LogP contribution is -2.16. The standard InChI is InChI=1S/C16H13BrFN3O/c1-2-21-14-6-4-3-5-13(14)19-16(21)20-15(22)11-9-10(18)7-8-12(11)17/h3-9H,2H2,1H3,(H,19,20,22). The Morgan fingerprint density at radius 2 is 2.09 bits per heavy atom. The first-order valence-corrected chi connectivity index (χ1v) is 7.61. The number of rotatable bonds is 3. The van der Waals surface area contributed by atoms with E-state index in [-0.39, 0.29) is 5.56 Å². The summed E-state index contributed by atoms with van der Waals surface area (Å²) in [5.41, 5.74) is 1.98. The molecule has 112 valence electrons. The molecule has 0 fully saturated rings. The summed E-state index contributed by atoms with van der Waals surface area (Å²) < 4.78 is 15.8. The van der Waals surface area contributed by atoms with Crippen LogP contribution in [0.3, 0.4) is 0 Å². The molecule has 0 atom stereocenters. The van der Waals surface area contributed by atoms with Gasteiger partial charge in [-0.25, -0.2) is 9.37 Å². The van der Waals surface area contributed by atoms with Gasteiger partial charge in [0.15, 0.2) is 0 Å². The van der Waals surface area contributed by atoms with Crippen molar-refractivity contribution in [1.29, 1.82) is 0 Å². The summed E-state index contributed by atoms with van der Waals surface area (Å²) in [5, 5.41) is 2.75. The van der Waals surface area contributed by atoms with Crippen molar-refractivity contribution in [3.63, 3.8) is 0 Å². The van der Waals surface area contributed by atoms with E-state index in [9.17, 15) is 9.18 Å². The van der Waals surface area contributed by atoms with E-state index in [1.807, 2.05) is 35.8 Å². The molecule has 3 rings (SSSR count). The van der Waals surface area contributed by atoms with Gasteiger partial charge in [-0.2, -0.15) is 0 Å². The van der Waals surface area contributed by atoms with E-state index in [1.165, 1.54) is 18.2 Å². The molecule has 0 unspecified atom stereocenters. The summed E-state index contributed by atoms with van der Waals surface area (Å²) in [5.74, 6) is -0.418. The number of fused-ring (bicyclic) bond motifs is 1. The third kappa shape index (κ3) is 2.62. The summed E-state index contributed by atoms with van der Waals surface area (Å²) >= 11 is 3.26. The summed E-state index contributed by atoms with van der Waals surface area (Å²) in [4.78, 5) is 16.8. The van der Waals surface area contributed by atoms with Crippen molar-refractivity contribution in [1.82, 2.24) is 9.55 Å². The molecule has 1 N–H and O–H groups in total. The van der Waals surface area contributed by atoms with Gasteiger partial charge < -0.3 is 4.57 Å². The minimum Gasteiger partial charge on any atom is -0.310 e. The van der Waals surface area contributed by atoms with E-state index in [0.29, 0.717) is 17.0 Å². The largest absolute Gasteiger partial charge is 0.310 e. The van der Waals surface area contributed by atoms with Gasteiger partial charge in [0.2, 0.25) is 5.95 Å². The fraction of sp³-hybridized carbons (Fsp3) is 0.125. The van der Waals surface area contributed by atoms with E-state index < -0.39 is 11.7 Å². The fourth-order valence-corrected chi connectivity index (χ4v) is 2.76. The number of benzene rings is 2. The van der Waals surface area contributed by atoms with Crippen molar-refractivity contribution in [3.05, 3.63) is 58.3 Å². The first-order valence-electron chi connectivity index (χ1n) is 6.82. The molecule has 2 aromatic carbocycles. The number of nitrogens with zero attached hydrogens (tertiary/aromatic N) is 2. The monoisotopic (exact) mass is 361 g/mol. The molecule has 0 spiro atoms. The predicted molar refractivity (Wildman–Crippen MR) is 87.5 cm³/mol. The molecule has 22 heavy (non-hydrogen) atoms. The Kier molecular flexibility index (Phi) is 3.94. The highest BCUT2D eigenvalue weighted by molar-refractivity contribution is 9.10. The number of carbonyl (C=O) groups is 1. The van der Waals surface area contributed by atoms with Gasteiger partial charge in [0.1, 0.15) is 5.82 Å². The minimum atomic E-state index is -0.461. The number of halogens is 2. The van der Waals surface area contributed by atoms with Crippen molar-refractivity contribution in [2.24, 2.45) is 0 Å². The van der Waals surface area contributed by atoms with Gasteiger partial charge in [-0.15, -0.1) is 0 Å². The number of imidazole rings is 1. The SMILES string of the molecule is CCn1c(NC(=O)c2cc(F)ccc2Br)nc2ccccc21. The Bertz CT molecular complexity index is 860. The second-order valence-corrected chi connectivity index (χ2v) is 5.60. The first kappa shape index (κ1) is 14.7. The van der Waals surface area contributed by atoms with Crippen LogP contribution in [0.1, 0.15) is 17.3 Å². The molecule has 0 saturated carbocycles. The Balaban J connectivity index is 1.99. The number of nitrogens with one attached hydrogen (secondary N) is 1. The van der Waals surface area contributed by atoms with Gasteiger partial charge in [-0.05, 0) is 53.2 Å². The molecule has 6 heteroatoms. The molecule has 0 bridgehead atoms. The Hall–Kier alpha value is -2.21. The summed E-state index contributed by atoms with van der Waals surface area (Å²) in [7, 11) is 0. The summed E-state index contributed by atoms with van der Waals surface area (Å²) in [6.07, 6.45) is 0. The molecular weight excluding hydrogens is 349 g/mol. The van der Waals surface area contributed by atoms with Crippen LogP contribution >= 0.6 is 15.9 Å². The molecule has 1 heterocycles. The summed E-state index contributed by atoms with van der Waals surface area (Å²) in [6.45, 7) is 2.64. The van der Waals surface area contributed by atoms with Crippen LogP contribution in [0.2, 0.25) is 0 Å². The Morgan fingerprint density at radius 3 is 2.86 bits per heavy atom. The lowest BCUT2D eigenvalue weighted by molar-refractivity contribution is 0.102. The van der Waals surface area contributed by atoms with E-state index in [1.54, 1.807) is 0 Å². The van der Waals surface area contributed by atoms with Crippen LogP contribution in [0.4, 0.5) is 10.3 Å². The normalized spacial score (nSPS) is 10.9. The highest BCUT2D eigenvalue weighted by Gasteiger charge is 2.16. The van der Waals surface area contributed by atoms with E-state index in [0.717, 1.165) is 11.0 Å². The molecule has 0 radical (unpaired) electrons. The zero-order valence-corrected chi connectivity index (χ0v) is 13.4. The number of hydrogen-bond donors (Lipinski definition) is 1. The van der Waals surface area contributed by atoms with E-state index >= 15 is 0 Å². The maximum Gasteiger partial charge on any atom is 0.259 e. The smallest absolute Gasteiger partial charge is 0.259 e. The molecule has 0 aliphatic rings. The number of carbonyl (C=O) groups excluding carboxylic acids is 1. The fourth-order valence-electron chi connectivity index (χ4n) is 2.33. The molecule has 3 aromatic rings. The number of aromatic nitrogens is 2. The molecule has 4 nitrogen and oxygen atoms in total. The van der Waals surface area contributed by atoms with Crippen molar-refractivity contribution < 1.29 is 9.18 Å². The quantitative estimate of drug-likeness (QED) is 0.759. The third-order valence-electron chi connectivity index (χ3n) is 3.37. The van der Waals surface area contributed by atoms with Crippen LogP contribution in [0, 0.1) is 5.82 Å². The van der Waals surface area contributed by atoms with Gasteiger partial charge in [0.25, 0.3) is 5.91 Å².